The first-order chi connectivity index (χ1) is 18.0. The molecule has 2 aromatic carbocycles. The summed E-state index contributed by atoms with van der Waals surface area (Å²) in [5.41, 5.74) is 5.53. The molecule has 0 spiro atoms. The number of benzene rings is 2. The van der Waals surface area contributed by atoms with E-state index in [0.717, 1.165) is 51.3 Å². The minimum atomic E-state index is -0.348. The molecule has 0 unspecified atom stereocenters. The molecule has 3 aromatic rings. The van der Waals surface area contributed by atoms with Crippen molar-refractivity contribution < 1.29 is 9.59 Å². The lowest BCUT2D eigenvalue weighted by Gasteiger charge is -2.36. The van der Waals surface area contributed by atoms with E-state index in [9.17, 15) is 9.59 Å². The summed E-state index contributed by atoms with van der Waals surface area (Å²) in [6, 6.07) is 23.0. The molecule has 192 valence electrons. The third kappa shape index (κ3) is 6.25. The van der Waals surface area contributed by atoms with E-state index in [0.29, 0.717) is 19.3 Å². The maximum atomic E-state index is 13.1. The lowest BCUT2D eigenvalue weighted by Crippen LogP contribution is -2.49. The first kappa shape index (κ1) is 25.2. The maximum absolute atomic E-state index is 13.1. The molecule has 6 heteroatoms. The molecule has 1 atom stereocenters. The predicted octanol–water partition coefficient (Wildman–Crippen LogP) is 4.37. The number of aryl methyl sites for hydroxylation is 1. The van der Waals surface area contributed by atoms with E-state index in [2.05, 4.69) is 64.6 Å². The highest BCUT2D eigenvalue weighted by atomic mass is 16.2. The normalized spacial score (nSPS) is 20.1. The van der Waals surface area contributed by atoms with Gasteiger partial charge in [0.1, 0.15) is 0 Å². The van der Waals surface area contributed by atoms with Gasteiger partial charge in [0.15, 0.2) is 0 Å². The third-order valence-electron chi connectivity index (χ3n) is 7.87. The van der Waals surface area contributed by atoms with Gasteiger partial charge in [-0.15, -0.1) is 0 Å². The zero-order chi connectivity index (χ0) is 25.7. The van der Waals surface area contributed by atoms with Crippen LogP contribution in [0.15, 0.2) is 72.9 Å². The Morgan fingerprint density at radius 2 is 1.68 bits per heavy atom. The van der Waals surface area contributed by atoms with E-state index in [-0.39, 0.29) is 17.4 Å². The van der Waals surface area contributed by atoms with Gasteiger partial charge >= 0.3 is 0 Å². The molecule has 2 saturated heterocycles. The Morgan fingerprint density at radius 1 is 0.946 bits per heavy atom. The number of nitrogens with zero attached hydrogens (tertiary/aromatic N) is 3. The van der Waals surface area contributed by atoms with Gasteiger partial charge in [-0.05, 0) is 54.5 Å². The summed E-state index contributed by atoms with van der Waals surface area (Å²) in [6.45, 7) is 6.12. The van der Waals surface area contributed by atoms with Crippen LogP contribution in [0.4, 0.5) is 0 Å². The molecule has 5 rings (SSSR count). The first-order valence-electron chi connectivity index (χ1n) is 13.4. The van der Waals surface area contributed by atoms with Crippen LogP contribution in [-0.4, -0.2) is 58.3 Å². The van der Waals surface area contributed by atoms with Crippen molar-refractivity contribution in [2.24, 2.45) is 0 Å². The standard InChI is InChI=1S/C31H36N4O2/c1-24-6-5-17-32-28(24)23-34-18-20-35(21-19-34)30(37)14-16-31(15-13-29(36)33-31)22-25-9-11-27(12-10-25)26-7-3-2-4-8-26/h2-12,17H,13-16,18-23H2,1H3,(H,33,36)/t31-/m0/s1. The first-order valence-corrected chi connectivity index (χ1v) is 13.4. The van der Waals surface area contributed by atoms with Crippen molar-refractivity contribution in [2.45, 2.75) is 51.1 Å². The number of nitrogens with one attached hydrogen (secondary N) is 1. The van der Waals surface area contributed by atoms with Gasteiger partial charge in [0.25, 0.3) is 0 Å². The van der Waals surface area contributed by atoms with Gasteiger partial charge in [0.2, 0.25) is 11.8 Å². The molecular formula is C31H36N4O2. The van der Waals surface area contributed by atoms with Gasteiger partial charge in [-0.25, -0.2) is 0 Å². The van der Waals surface area contributed by atoms with Crippen molar-refractivity contribution in [2.75, 3.05) is 26.2 Å². The number of amides is 2. The fraction of sp³-hybridized carbons (Fsp3) is 0.387. The fourth-order valence-electron chi connectivity index (χ4n) is 5.57. The Morgan fingerprint density at radius 3 is 2.35 bits per heavy atom. The van der Waals surface area contributed by atoms with Crippen LogP contribution >= 0.6 is 0 Å². The number of hydrogen-bond acceptors (Lipinski definition) is 4. The summed E-state index contributed by atoms with van der Waals surface area (Å²) in [5, 5.41) is 3.24. The molecule has 37 heavy (non-hydrogen) atoms. The Bertz CT molecular complexity index is 1220. The Labute approximate surface area is 219 Å². The summed E-state index contributed by atoms with van der Waals surface area (Å²) in [6.07, 6.45) is 5.03. The van der Waals surface area contributed by atoms with Crippen molar-refractivity contribution >= 4 is 11.8 Å². The molecule has 2 aliphatic heterocycles. The van der Waals surface area contributed by atoms with Gasteiger partial charge in [0.05, 0.1) is 5.69 Å². The molecule has 2 aliphatic rings. The molecular weight excluding hydrogens is 460 g/mol. The Kier molecular flexibility index (Phi) is 7.65. The number of rotatable bonds is 8. The van der Waals surface area contributed by atoms with Crippen molar-refractivity contribution in [3.8, 4) is 11.1 Å². The highest BCUT2D eigenvalue weighted by Gasteiger charge is 2.38. The van der Waals surface area contributed by atoms with Crippen LogP contribution in [0.1, 0.15) is 42.5 Å². The summed E-state index contributed by atoms with van der Waals surface area (Å²) < 4.78 is 0. The van der Waals surface area contributed by atoms with Gasteiger partial charge in [-0.1, -0.05) is 60.7 Å². The fourth-order valence-corrected chi connectivity index (χ4v) is 5.57. The number of carbonyl (C=O) groups excluding carboxylic acids is 2. The minimum absolute atomic E-state index is 0.0896. The average molecular weight is 497 g/mol. The van der Waals surface area contributed by atoms with Crippen molar-refractivity contribution in [3.05, 3.63) is 89.7 Å². The number of piperazine rings is 1. The monoisotopic (exact) mass is 496 g/mol. The van der Waals surface area contributed by atoms with Crippen LogP contribution in [0.5, 0.6) is 0 Å². The van der Waals surface area contributed by atoms with Gasteiger partial charge in [-0.2, -0.15) is 0 Å². The second kappa shape index (κ2) is 11.3. The Hall–Kier alpha value is -3.51. The highest BCUT2D eigenvalue weighted by Crippen LogP contribution is 2.31. The minimum Gasteiger partial charge on any atom is -0.350 e. The Balaban J connectivity index is 1.16. The summed E-state index contributed by atoms with van der Waals surface area (Å²) in [7, 11) is 0. The number of aromatic nitrogens is 1. The topological polar surface area (TPSA) is 65.5 Å². The van der Waals surface area contributed by atoms with Crippen LogP contribution in [0.25, 0.3) is 11.1 Å². The zero-order valence-corrected chi connectivity index (χ0v) is 21.7. The molecule has 0 radical (unpaired) electrons. The maximum Gasteiger partial charge on any atom is 0.222 e. The van der Waals surface area contributed by atoms with E-state index in [4.69, 9.17) is 0 Å². The van der Waals surface area contributed by atoms with Crippen LogP contribution in [-0.2, 0) is 22.6 Å². The SMILES string of the molecule is Cc1cccnc1CN1CCN(C(=O)CC[C@]2(Cc3ccc(-c4ccccc4)cc3)CCC(=O)N2)CC1. The molecule has 3 heterocycles. The summed E-state index contributed by atoms with van der Waals surface area (Å²) in [4.78, 5) is 34.2. The van der Waals surface area contributed by atoms with Gasteiger partial charge < -0.3 is 10.2 Å². The number of pyridine rings is 1. The van der Waals surface area contributed by atoms with Gasteiger partial charge in [-0.3, -0.25) is 19.5 Å². The lowest BCUT2D eigenvalue weighted by molar-refractivity contribution is -0.133. The molecule has 2 amide bonds. The number of hydrogen-bond donors (Lipinski definition) is 1. The van der Waals surface area contributed by atoms with Crippen LogP contribution in [0.3, 0.4) is 0 Å². The quantitative estimate of drug-likeness (QED) is 0.503. The molecule has 2 fully saturated rings. The highest BCUT2D eigenvalue weighted by molar-refractivity contribution is 5.80. The molecule has 0 aliphatic carbocycles. The van der Waals surface area contributed by atoms with E-state index < -0.39 is 0 Å². The van der Waals surface area contributed by atoms with E-state index in [1.807, 2.05) is 35.4 Å². The van der Waals surface area contributed by atoms with Crippen molar-refractivity contribution in [1.29, 1.82) is 0 Å². The van der Waals surface area contributed by atoms with Crippen LogP contribution in [0.2, 0.25) is 0 Å². The largest absolute Gasteiger partial charge is 0.350 e. The second-order valence-electron chi connectivity index (χ2n) is 10.5. The molecule has 1 aromatic heterocycles. The average Bonchev–Trinajstić information content (AvgIpc) is 3.30. The summed E-state index contributed by atoms with van der Waals surface area (Å²) >= 11 is 0. The molecule has 0 bridgehead atoms. The number of carbonyl (C=O) groups is 2. The van der Waals surface area contributed by atoms with Gasteiger partial charge in [0, 0.05) is 57.3 Å². The van der Waals surface area contributed by atoms with Crippen LogP contribution < -0.4 is 5.32 Å². The van der Waals surface area contributed by atoms with E-state index >= 15 is 0 Å². The van der Waals surface area contributed by atoms with E-state index in [1.165, 1.54) is 22.3 Å². The molecule has 0 saturated carbocycles. The van der Waals surface area contributed by atoms with Crippen molar-refractivity contribution in [3.63, 3.8) is 0 Å². The molecule has 1 N–H and O–H groups in total. The summed E-state index contributed by atoms with van der Waals surface area (Å²) in [5.74, 6) is 0.278. The van der Waals surface area contributed by atoms with E-state index in [1.54, 1.807) is 0 Å². The molecule has 6 nitrogen and oxygen atoms in total. The predicted molar refractivity (Wildman–Crippen MR) is 146 cm³/mol. The smallest absolute Gasteiger partial charge is 0.222 e. The second-order valence-corrected chi connectivity index (χ2v) is 10.5. The van der Waals surface area contributed by atoms with Crippen molar-refractivity contribution in [1.82, 2.24) is 20.1 Å². The third-order valence-corrected chi connectivity index (χ3v) is 7.87. The zero-order valence-electron chi connectivity index (χ0n) is 21.7. The van der Waals surface area contributed by atoms with Crippen LogP contribution in [0, 0.1) is 6.92 Å². The lowest BCUT2D eigenvalue weighted by atomic mass is 9.84.